The summed E-state index contributed by atoms with van der Waals surface area (Å²) < 4.78 is 54.2. The van der Waals surface area contributed by atoms with E-state index in [2.05, 4.69) is 5.32 Å². The fourth-order valence-corrected chi connectivity index (χ4v) is 3.40. The summed E-state index contributed by atoms with van der Waals surface area (Å²) in [6.07, 6.45) is 0.776. The molecule has 1 amide bonds. The average Bonchev–Trinajstić information content (AvgIpc) is 2.53. The summed E-state index contributed by atoms with van der Waals surface area (Å²) in [6, 6.07) is 5.36. The molecule has 0 saturated carbocycles. The zero-order valence-corrected chi connectivity index (χ0v) is 13.1. The van der Waals surface area contributed by atoms with Crippen LogP contribution in [0.25, 0.3) is 0 Å². The van der Waals surface area contributed by atoms with Gasteiger partial charge in [0.05, 0.1) is 16.0 Å². The maximum absolute atomic E-state index is 12.8. The number of benzene rings is 1. The van der Waals surface area contributed by atoms with Crippen LogP contribution in [-0.4, -0.2) is 39.8 Å². The number of ether oxygens (including phenoxy) is 1. The number of carbonyl (C=O) groups excluding carboxylic acids is 1. The normalized spacial score (nSPS) is 17.9. The van der Waals surface area contributed by atoms with E-state index in [1.54, 1.807) is 0 Å². The van der Waals surface area contributed by atoms with Gasteiger partial charge in [0.15, 0.2) is 0 Å². The van der Waals surface area contributed by atoms with Gasteiger partial charge in [-0.25, -0.2) is 8.42 Å². The monoisotopic (exact) mass is 348 g/mol. The van der Waals surface area contributed by atoms with Crippen LogP contribution in [0.1, 0.15) is 12.8 Å². The van der Waals surface area contributed by atoms with E-state index >= 15 is 0 Å². The number of alkyl halides is 2. The van der Waals surface area contributed by atoms with Gasteiger partial charge in [-0.2, -0.15) is 8.78 Å². The number of halogens is 2. The van der Waals surface area contributed by atoms with Crippen LogP contribution in [0.4, 0.5) is 14.5 Å². The Kier molecular flexibility index (Phi) is 5.20. The van der Waals surface area contributed by atoms with Gasteiger partial charge in [0, 0.05) is 19.8 Å². The van der Waals surface area contributed by atoms with Crippen molar-refractivity contribution in [1.82, 2.24) is 0 Å². The van der Waals surface area contributed by atoms with E-state index in [0.29, 0.717) is 26.1 Å². The molecule has 1 heterocycles. The van der Waals surface area contributed by atoms with E-state index < -0.39 is 31.8 Å². The molecule has 1 aromatic rings. The highest BCUT2D eigenvalue weighted by atomic mass is 32.2. The van der Waals surface area contributed by atoms with Crippen molar-refractivity contribution in [3.63, 3.8) is 0 Å². The van der Waals surface area contributed by atoms with Crippen LogP contribution < -0.4 is 11.1 Å². The highest BCUT2D eigenvalue weighted by Gasteiger charge is 2.39. The number of para-hydroxylation sites is 1. The second-order valence-electron chi connectivity index (χ2n) is 5.41. The summed E-state index contributed by atoms with van der Waals surface area (Å²) in [5, 5.41) is 2.80. The lowest BCUT2D eigenvalue weighted by atomic mass is 9.79. The molecule has 1 saturated heterocycles. The molecule has 0 bridgehead atoms. The third-order valence-corrected chi connectivity index (χ3v) is 5.46. The van der Waals surface area contributed by atoms with Gasteiger partial charge in [0.25, 0.3) is 0 Å². The van der Waals surface area contributed by atoms with Gasteiger partial charge in [-0.05, 0) is 25.0 Å². The number of hydrogen-bond acceptors (Lipinski definition) is 5. The molecular formula is C14H18F2N2O4S. The molecule has 9 heteroatoms. The third kappa shape index (κ3) is 3.61. The van der Waals surface area contributed by atoms with E-state index in [1.807, 2.05) is 0 Å². The molecule has 0 atom stereocenters. The molecule has 1 aromatic carbocycles. The minimum atomic E-state index is -4.74. The van der Waals surface area contributed by atoms with Crippen LogP contribution in [0.3, 0.4) is 0 Å². The quantitative estimate of drug-likeness (QED) is 0.809. The van der Waals surface area contributed by atoms with Gasteiger partial charge in [-0.1, -0.05) is 12.1 Å². The molecule has 128 valence electrons. The predicted molar refractivity (Wildman–Crippen MR) is 79.8 cm³/mol. The minimum absolute atomic E-state index is 0.0277. The zero-order valence-electron chi connectivity index (χ0n) is 12.3. The maximum Gasteiger partial charge on any atom is 0.341 e. The van der Waals surface area contributed by atoms with Crippen LogP contribution in [0.5, 0.6) is 0 Å². The fraction of sp³-hybridized carbons (Fsp3) is 0.500. The van der Waals surface area contributed by atoms with E-state index in [4.69, 9.17) is 10.5 Å². The predicted octanol–water partition coefficient (Wildman–Crippen LogP) is 1.38. The molecule has 0 radical (unpaired) electrons. The van der Waals surface area contributed by atoms with Crippen LogP contribution in [0, 0.1) is 5.41 Å². The van der Waals surface area contributed by atoms with Crippen molar-refractivity contribution >= 4 is 21.4 Å². The largest absolute Gasteiger partial charge is 0.383 e. The number of nitrogens with one attached hydrogen (secondary N) is 1. The molecule has 0 unspecified atom stereocenters. The van der Waals surface area contributed by atoms with E-state index in [0.717, 1.165) is 6.07 Å². The fourth-order valence-electron chi connectivity index (χ4n) is 2.49. The van der Waals surface area contributed by atoms with Crippen molar-refractivity contribution < 1.29 is 26.7 Å². The maximum atomic E-state index is 12.8. The molecule has 6 nitrogen and oxygen atoms in total. The Balaban J connectivity index is 2.26. The molecule has 1 aliphatic heterocycles. The first-order chi connectivity index (χ1) is 10.8. The van der Waals surface area contributed by atoms with E-state index in [1.165, 1.54) is 18.2 Å². The Labute approximate surface area is 132 Å². The van der Waals surface area contributed by atoms with Gasteiger partial charge in [0.1, 0.15) is 0 Å². The van der Waals surface area contributed by atoms with E-state index in [-0.39, 0.29) is 12.2 Å². The summed E-state index contributed by atoms with van der Waals surface area (Å²) in [6.45, 7) is 0.782. The second-order valence-corrected chi connectivity index (χ2v) is 7.30. The Hall–Kier alpha value is -1.74. The zero-order chi connectivity index (χ0) is 17.1. The average molecular weight is 348 g/mol. The lowest BCUT2D eigenvalue weighted by Crippen LogP contribution is -2.46. The number of hydrogen-bond donors (Lipinski definition) is 2. The first kappa shape index (κ1) is 17.6. The molecular weight excluding hydrogens is 330 g/mol. The smallest absolute Gasteiger partial charge is 0.341 e. The Morgan fingerprint density at radius 2 is 1.91 bits per heavy atom. The summed E-state index contributed by atoms with van der Waals surface area (Å²) in [7, 11) is -4.74. The Morgan fingerprint density at radius 3 is 2.48 bits per heavy atom. The van der Waals surface area contributed by atoms with Crippen molar-refractivity contribution in [3.05, 3.63) is 24.3 Å². The van der Waals surface area contributed by atoms with Crippen LogP contribution in [-0.2, 0) is 19.4 Å². The first-order valence-electron chi connectivity index (χ1n) is 7.02. The highest BCUT2D eigenvalue weighted by molar-refractivity contribution is 7.91. The van der Waals surface area contributed by atoms with Crippen LogP contribution in [0.15, 0.2) is 29.2 Å². The van der Waals surface area contributed by atoms with Gasteiger partial charge >= 0.3 is 5.76 Å². The van der Waals surface area contributed by atoms with Crippen molar-refractivity contribution in [2.75, 3.05) is 25.1 Å². The van der Waals surface area contributed by atoms with E-state index in [9.17, 15) is 22.0 Å². The van der Waals surface area contributed by atoms with Crippen molar-refractivity contribution in [3.8, 4) is 0 Å². The number of amides is 1. The SMILES string of the molecule is NC(=O)C1(CNc2ccccc2S(=O)(=O)C(F)F)CCOCC1. The minimum Gasteiger partial charge on any atom is -0.383 e. The number of anilines is 1. The van der Waals surface area contributed by atoms with Gasteiger partial charge in [0.2, 0.25) is 15.7 Å². The summed E-state index contributed by atoms with van der Waals surface area (Å²) >= 11 is 0. The molecule has 3 N–H and O–H groups in total. The summed E-state index contributed by atoms with van der Waals surface area (Å²) in [5.74, 6) is -4.04. The lowest BCUT2D eigenvalue weighted by Gasteiger charge is -2.34. The molecule has 1 fully saturated rings. The first-order valence-corrected chi connectivity index (χ1v) is 8.57. The molecule has 1 aliphatic rings. The number of sulfone groups is 1. The van der Waals surface area contributed by atoms with Crippen LogP contribution in [0.2, 0.25) is 0 Å². The molecule has 0 aromatic heterocycles. The molecule has 2 rings (SSSR count). The number of carbonyl (C=O) groups is 1. The summed E-state index contributed by atoms with van der Waals surface area (Å²) in [5.41, 5.74) is 4.60. The third-order valence-electron chi connectivity index (χ3n) is 4.02. The highest BCUT2D eigenvalue weighted by Crippen LogP contribution is 2.32. The topological polar surface area (TPSA) is 98.5 Å². The van der Waals surface area contributed by atoms with Gasteiger partial charge < -0.3 is 15.8 Å². The van der Waals surface area contributed by atoms with Crippen molar-refractivity contribution in [1.29, 1.82) is 0 Å². The number of rotatable bonds is 6. The molecule has 0 aliphatic carbocycles. The Morgan fingerprint density at radius 1 is 1.30 bits per heavy atom. The second kappa shape index (κ2) is 6.79. The van der Waals surface area contributed by atoms with Crippen LogP contribution >= 0.6 is 0 Å². The summed E-state index contributed by atoms with van der Waals surface area (Å²) in [4.78, 5) is 11.3. The lowest BCUT2D eigenvalue weighted by molar-refractivity contribution is -0.132. The molecule has 0 spiro atoms. The van der Waals surface area contributed by atoms with Gasteiger partial charge in [-0.3, -0.25) is 4.79 Å². The number of nitrogens with two attached hydrogens (primary N) is 1. The number of primary amides is 1. The van der Waals surface area contributed by atoms with Gasteiger partial charge in [-0.15, -0.1) is 0 Å². The van der Waals surface area contributed by atoms with Crippen molar-refractivity contribution in [2.24, 2.45) is 11.1 Å². The van der Waals surface area contributed by atoms with Crippen molar-refractivity contribution in [2.45, 2.75) is 23.5 Å². The standard InChI is InChI=1S/C14H18F2N2O4S/c15-13(16)23(20,21)11-4-2-1-3-10(11)18-9-14(12(17)19)5-7-22-8-6-14/h1-4,13,18H,5-9H2,(H2,17,19). The molecule has 23 heavy (non-hydrogen) atoms. The Bertz CT molecular complexity index is 673.